The number of carbonyl (C=O) groups is 2. The van der Waals surface area contributed by atoms with Gasteiger partial charge in [0.15, 0.2) is 5.78 Å². The van der Waals surface area contributed by atoms with Crippen LogP contribution in [0, 0.1) is 5.92 Å². The molecule has 0 unspecified atom stereocenters. The number of ketones is 1. The molecule has 1 atom stereocenters. The number of nitrogens with one attached hydrogen (secondary N) is 2. The number of unbranched alkanes of at least 4 members (excludes halogenated alkanes) is 6. The second kappa shape index (κ2) is 13.9. The van der Waals surface area contributed by atoms with Gasteiger partial charge in [0.2, 0.25) is 0 Å². The summed E-state index contributed by atoms with van der Waals surface area (Å²) in [7, 11) is 0. The van der Waals surface area contributed by atoms with Gasteiger partial charge < -0.3 is 10.6 Å². The fraction of sp³-hybridized carbons (Fsp3) is 0.882. The van der Waals surface area contributed by atoms with Crippen molar-refractivity contribution in [3.63, 3.8) is 0 Å². The molecule has 0 heterocycles. The molecule has 2 amide bonds. The first-order valence-electron chi connectivity index (χ1n) is 8.63. The molecular weight excluding hydrogens is 296 g/mol. The fourth-order valence-electron chi connectivity index (χ4n) is 2.33. The second-order valence-corrected chi connectivity index (χ2v) is 6.84. The number of hydrogen-bond acceptors (Lipinski definition) is 3. The molecule has 0 bridgehead atoms. The van der Waals surface area contributed by atoms with E-state index < -0.39 is 0 Å². The summed E-state index contributed by atoms with van der Waals surface area (Å²) in [6.45, 7) is 6.30. The number of thiol groups is 1. The molecule has 0 saturated carbocycles. The van der Waals surface area contributed by atoms with Crippen LogP contribution in [0.2, 0.25) is 0 Å². The predicted octanol–water partition coefficient (Wildman–Crippen LogP) is 3.95. The number of Topliss-reactive ketones (excluding diaryl/α,β-unsaturated/α-hetero) is 1. The van der Waals surface area contributed by atoms with Crippen LogP contribution in [0.5, 0.6) is 0 Å². The van der Waals surface area contributed by atoms with Gasteiger partial charge >= 0.3 is 6.03 Å². The van der Waals surface area contributed by atoms with Gasteiger partial charge in [-0.05, 0) is 37.9 Å². The predicted molar refractivity (Wildman–Crippen MR) is 96.6 cm³/mol. The largest absolute Gasteiger partial charge is 0.338 e. The lowest BCUT2D eigenvalue weighted by molar-refractivity contribution is -0.119. The summed E-state index contributed by atoms with van der Waals surface area (Å²) >= 11 is 4.20. The zero-order valence-corrected chi connectivity index (χ0v) is 15.4. The van der Waals surface area contributed by atoms with Gasteiger partial charge in [-0.3, -0.25) is 4.79 Å². The van der Waals surface area contributed by atoms with E-state index in [0.29, 0.717) is 18.9 Å². The first-order valence-corrected chi connectivity index (χ1v) is 9.26. The molecule has 0 aliphatic carbocycles. The SMILES string of the molecule is CC(=O)[C@H](CC(C)C)NC(=O)NCCCCCCCCCS. The Labute approximate surface area is 141 Å². The maximum atomic E-state index is 11.8. The minimum atomic E-state index is -0.369. The molecule has 0 saturated heterocycles. The van der Waals surface area contributed by atoms with E-state index in [-0.39, 0.29) is 17.9 Å². The zero-order chi connectivity index (χ0) is 16.8. The monoisotopic (exact) mass is 330 g/mol. The smallest absolute Gasteiger partial charge is 0.315 e. The molecule has 0 aromatic heterocycles. The van der Waals surface area contributed by atoms with Crippen molar-refractivity contribution < 1.29 is 9.59 Å². The van der Waals surface area contributed by atoms with Gasteiger partial charge in [0, 0.05) is 6.54 Å². The van der Waals surface area contributed by atoms with Gasteiger partial charge in [-0.15, -0.1) is 0 Å². The van der Waals surface area contributed by atoms with Gasteiger partial charge in [-0.2, -0.15) is 12.6 Å². The normalized spacial score (nSPS) is 12.2. The van der Waals surface area contributed by atoms with E-state index in [2.05, 4.69) is 23.3 Å². The molecule has 22 heavy (non-hydrogen) atoms. The molecule has 0 aliphatic rings. The Kier molecular flexibility index (Phi) is 13.5. The molecule has 0 aromatic carbocycles. The highest BCUT2D eigenvalue weighted by atomic mass is 32.1. The Hall–Kier alpha value is -0.710. The van der Waals surface area contributed by atoms with Crippen LogP contribution in [0.4, 0.5) is 4.79 Å². The Bertz CT molecular complexity index is 309. The third-order valence-corrected chi connectivity index (χ3v) is 3.94. The van der Waals surface area contributed by atoms with E-state index in [4.69, 9.17) is 0 Å². The fourth-order valence-corrected chi connectivity index (χ4v) is 2.55. The summed E-state index contributed by atoms with van der Waals surface area (Å²) < 4.78 is 0. The van der Waals surface area contributed by atoms with Crippen LogP contribution < -0.4 is 10.6 Å². The van der Waals surface area contributed by atoms with Crippen LogP contribution in [0.15, 0.2) is 0 Å². The van der Waals surface area contributed by atoms with Crippen LogP contribution in [0.3, 0.4) is 0 Å². The Morgan fingerprint density at radius 3 is 2.00 bits per heavy atom. The van der Waals surface area contributed by atoms with E-state index in [1.165, 1.54) is 39.0 Å². The molecule has 0 rings (SSSR count). The maximum Gasteiger partial charge on any atom is 0.315 e. The minimum absolute atomic E-state index is 0.0186. The average molecular weight is 331 g/mol. The highest BCUT2D eigenvalue weighted by Gasteiger charge is 2.17. The molecule has 0 aliphatic heterocycles. The standard InChI is InChI=1S/C17H34N2O2S/c1-14(2)13-16(15(3)20)19-17(21)18-11-9-7-5-4-6-8-10-12-22/h14,16,22H,4-13H2,1-3H3,(H2,18,19,21)/t16-/m0/s1. The summed E-state index contributed by atoms with van der Waals surface area (Å²) in [5, 5.41) is 5.61. The van der Waals surface area contributed by atoms with Crippen LogP contribution in [-0.4, -0.2) is 30.2 Å². The van der Waals surface area contributed by atoms with Crippen molar-refractivity contribution in [3.8, 4) is 0 Å². The van der Waals surface area contributed by atoms with Crippen LogP contribution in [-0.2, 0) is 4.79 Å². The van der Waals surface area contributed by atoms with E-state index in [1.807, 2.05) is 13.8 Å². The van der Waals surface area contributed by atoms with E-state index >= 15 is 0 Å². The lowest BCUT2D eigenvalue weighted by Crippen LogP contribution is -2.46. The molecular formula is C17H34N2O2S. The molecule has 130 valence electrons. The second-order valence-electron chi connectivity index (χ2n) is 6.39. The highest BCUT2D eigenvalue weighted by molar-refractivity contribution is 7.80. The van der Waals surface area contributed by atoms with Crippen molar-refractivity contribution in [2.24, 2.45) is 5.92 Å². The molecule has 4 nitrogen and oxygen atoms in total. The average Bonchev–Trinajstić information content (AvgIpc) is 2.44. The molecule has 5 heteroatoms. The van der Waals surface area contributed by atoms with Gasteiger partial charge in [0.1, 0.15) is 0 Å². The third kappa shape index (κ3) is 13.0. The summed E-state index contributed by atoms with van der Waals surface area (Å²) in [6, 6.07) is -0.596. The first kappa shape index (κ1) is 21.3. The minimum Gasteiger partial charge on any atom is -0.338 e. The van der Waals surface area contributed by atoms with Crippen molar-refractivity contribution in [1.82, 2.24) is 10.6 Å². The Morgan fingerprint density at radius 1 is 0.955 bits per heavy atom. The van der Waals surface area contributed by atoms with Crippen molar-refractivity contribution in [2.45, 2.75) is 78.2 Å². The topological polar surface area (TPSA) is 58.2 Å². The van der Waals surface area contributed by atoms with Gasteiger partial charge in [0.05, 0.1) is 6.04 Å². The van der Waals surface area contributed by atoms with Crippen molar-refractivity contribution in [1.29, 1.82) is 0 Å². The Morgan fingerprint density at radius 2 is 1.50 bits per heavy atom. The van der Waals surface area contributed by atoms with Crippen molar-refractivity contribution >= 4 is 24.4 Å². The van der Waals surface area contributed by atoms with E-state index in [9.17, 15) is 9.59 Å². The Balaban J connectivity index is 3.61. The number of urea groups is 1. The van der Waals surface area contributed by atoms with E-state index in [0.717, 1.165) is 18.6 Å². The number of rotatable bonds is 13. The number of carbonyl (C=O) groups excluding carboxylic acids is 2. The molecule has 2 N–H and O–H groups in total. The molecule has 0 radical (unpaired) electrons. The van der Waals surface area contributed by atoms with Gasteiger partial charge in [0.25, 0.3) is 0 Å². The summed E-state index contributed by atoms with van der Waals surface area (Å²) in [5.74, 6) is 1.39. The maximum absolute atomic E-state index is 11.8. The lowest BCUT2D eigenvalue weighted by Gasteiger charge is -2.18. The first-order chi connectivity index (χ1) is 10.5. The summed E-state index contributed by atoms with van der Waals surface area (Å²) in [4.78, 5) is 23.3. The molecule has 0 spiro atoms. The lowest BCUT2D eigenvalue weighted by atomic mass is 10.0. The highest BCUT2D eigenvalue weighted by Crippen LogP contribution is 2.07. The number of amides is 2. The number of hydrogen-bond donors (Lipinski definition) is 3. The zero-order valence-electron chi connectivity index (χ0n) is 14.5. The van der Waals surface area contributed by atoms with Crippen molar-refractivity contribution in [3.05, 3.63) is 0 Å². The van der Waals surface area contributed by atoms with Gasteiger partial charge in [-0.1, -0.05) is 46.0 Å². The summed E-state index contributed by atoms with van der Waals surface area (Å²) in [5.41, 5.74) is 0. The van der Waals surface area contributed by atoms with Crippen LogP contribution in [0.1, 0.15) is 72.1 Å². The quantitative estimate of drug-likeness (QED) is 0.354. The van der Waals surface area contributed by atoms with E-state index in [1.54, 1.807) is 0 Å². The third-order valence-electron chi connectivity index (χ3n) is 3.62. The molecule has 0 fully saturated rings. The van der Waals surface area contributed by atoms with Crippen LogP contribution >= 0.6 is 12.6 Å². The van der Waals surface area contributed by atoms with Crippen molar-refractivity contribution in [2.75, 3.05) is 12.3 Å². The summed E-state index contributed by atoms with van der Waals surface area (Å²) in [6.07, 6.45) is 9.07. The molecule has 0 aromatic rings. The van der Waals surface area contributed by atoms with Gasteiger partial charge in [-0.25, -0.2) is 4.79 Å². The van der Waals surface area contributed by atoms with Crippen LogP contribution in [0.25, 0.3) is 0 Å².